The summed E-state index contributed by atoms with van der Waals surface area (Å²) < 4.78 is 0. The third kappa shape index (κ3) is 6.32. The first-order chi connectivity index (χ1) is 20.8. The fraction of sp³-hybridized carbons (Fsp3) is 0.697. The largest absolute Gasteiger partial charge is 0.352 e. The average Bonchev–Trinajstić information content (AvgIpc) is 3.69. The fourth-order valence-corrected chi connectivity index (χ4v) is 8.43. The molecule has 6 saturated heterocycles. The van der Waals surface area contributed by atoms with Gasteiger partial charge in [-0.1, -0.05) is 30.3 Å². The molecule has 5 atom stereocenters. The summed E-state index contributed by atoms with van der Waals surface area (Å²) in [5, 5.41) is 3.06. The standard InChI is InChI=1S/C33H48N6O4/c1-35(2)27-13-18-39-30(41)20-25-22-37(15-10-24(25)19-29(40)34-21-23-7-4-3-5-8-23)32(42)28-9-6-14-38(28)26-11-16-36(17-12-26)33(43)31(27)39/h3-5,7-8,24-28,31H,6,9-22H2,1-2H3,(H,34,40)/t24-,25-,27+,28-,31-/m0/s1. The lowest BCUT2D eigenvalue weighted by molar-refractivity contribution is -0.147. The zero-order valence-corrected chi connectivity index (χ0v) is 25.8. The summed E-state index contributed by atoms with van der Waals surface area (Å²) in [5.41, 5.74) is 1.05. The molecule has 4 bridgehead atoms. The van der Waals surface area contributed by atoms with Crippen molar-refractivity contribution in [3.8, 4) is 0 Å². The molecule has 0 spiro atoms. The van der Waals surface area contributed by atoms with Crippen LogP contribution in [0.5, 0.6) is 0 Å². The van der Waals surface area contributed by atoms with Crippen LogP contribution < -0.4 is 5.32 Å². The Kier molecular flexibility index (Phi) is 9.05. The molecule has 43 heavy (non-hydrogen) atoms. The number of nitrogens with zero attached hydrogens (tertiary/aromatic N) is 5. The Labute approximate surface area is 255 Å². The smallest absolute Gasteiger partial charge is 0.247 e. The molecule has 6 heterocycles. The second-order valence-electron chi connectivity index (χ2n) is 13.6. The topological polar surface area (TPSA) is 96.5 Å². The first kappa shape index (κ1) is 30.1. The fourth-order valence-electron chi connectivity index (χ4n) is 8.43. The predicted octanol–water partition coefficient (Wildman–Crippen LogP) is 1.55. The highest BCUT2D eigenvalue weighted by atomic mass is 16.2. The molecule has 1 aromatic rings. The van der Waals surface area contributed by atoms with E-state index in [-0.39, 0.29) is 54.0 Å². The molecule has 6 aliphatic rings. The minimum Gasteiger partial charge on any atom is -0.352 e. The first-order valence-corrected chi connectivity index (χ1v) is 16.4. The Morgan fingerprint density at radius 2 is 1.63 bits per heavy atom. The second-order valence-corrected chi connectivity index (χ2v) is 13.6. The van der Waals surface area contributed by atoms with Gasteiger partial charge in [0.05, 0.1) is 6.04 Å². The van der Waals surface area contributed by atoms with Crippen LogP contribution in [-0.4, -0.2) is 126 Å². The van der Waals surface area contributed by atoms with E-state index in [2.05, 4.69) is 15.1 Å². The predicted molar refractivity (Wildman–Crippen MR) is 163 cm³/mol. The van der Waals surface area contributed by atoms with Gasteiger partial charge in [0.1, 0.15) is 6.04 Å². The summed E-state index contributed by atoms with van der Waals surface area (Å²) in [7, 11) is 3.99. The van der Waals surface area contributed by atoms with Gasteiger partial charge in [-0.3, -0.25) is 24.1 Å². The van der Waals surface area contributed by atoms with Crippen LogP contribution in [0.4, 0.5) is 0 Å². The highest BCUT2D eigenvalue weighted by Gasteiger charge is 2.48. The summed E-state index contributed by atoms with van der Waals surface area (Å²) in [6, 6.07) is 9.54. The number of carbonyl (C=O) groups excluding carboxylic acids is 4. The van der Waals surface area contributed by atoms with Crippen LogP contribution in [0.3, 0.4) is 0 Å². The highest BCUT2D eigenvalue weighted by molar-refractivity contribution is 5.89. The van der Waals surface area contributed by atoms with E-state index >= 15 is 0 Å². The van der Waals surface area contributed by atoms with Crippen molar-refractivity contribution < 1.29 is 19.2 Å². The van der Waals surface area contributed by atoms with Crippen LogP contribution in [0.2, 0.25) is 0 Å². The van der Waals surface area contributed by atoms with Gasteiger partial charge in [-0.2, -0.15) is 0 Å². The van der Waals surface area contributed by atoms with Crippen molar-refractivity contribution in [2.24, 2.45) is 11.8 Å². The van der Waals surface area contributed by atoms with Gasteiger partial charge in [0.2, 0.25) is 23.6 Å². The van der Waals surface area contributed by atoms with Gasteiger partial charge >= 0.3 is 0 Å². The van der Waals surface area contributed by atoms with E-state index in [0.717, 1.165) is 44.2 Å². The molecule has 7 rings (SSSR count). The number of amides is 4. The Hall–Kier alpha value is -2.98. The van der Waals surface area contributed by atoms with E-state index in [1.807, 2.05) is 59.1 Å². The van der Waals surface area contributed by atoms with Crippen molar-refractivity contribution in [3.05, 3.63) is 35.9 Å². The number of likely N-dealkylation sites (N-methyl/N-ethyl adjacent to an activating group) is 1. The van der Waals surface area contributed by atoms with Crippen LogP contribution in [0.25, 0.3) is 0 Å². The quantitative estimate of drug-likeness (QED) is 0.558. The summed E-state index contributed by atoms with van der Waals surface area (Å²) in [6.45, 7) is 4.41. The van der Waals surface area contributed by atoms with Crippen LogP contribution in [0.1, 0.15) is 56.9 Å². The molecule has 0 aromatic heterocycles. The van der Waals surface area contributed by atoms with Gasteiger partial charge in [0.15, 0.2) is 0 Å². The Morgan fingerprint density at radius 3 is 2.37 bits per heavy atom. The minimum atomic E-state index is -0.488. The number of benzene rings is 1. The number of fused-ring (bicyclic) bond motifs is 3. The summed E-state index contributed by atoms with van der Waals surface area (Å²) >= 11 is 0. The number of hydrogen-bond donors (Lipinski definition) is 1. The second kappa shape index (κ2) is 12.9. The molecule has 1 aromatic carbocycles. The maximum Gasteiger partial charge on any atom is 0.247 e. The summed E-state index contributed by atoms with van der Waals surface area (Å²) in [6.07, 6.45) is 5.66. The summed E-state index contributed by atoms with van der Waals surface area (Å²) in [5.74, 6) is 0.0736. The molecule has 0 unspecified atom stereocenters. The third-order valence-electron chi connectivity index (χ3n) is 10.8. The Bertz CT molecular complexity index is 1190. The lowest BCUT2D eigenvalue weighted by Gasteiger charge is -2.42. The van der Waals surface area contributed by atoms with E-state index in [1.54, 1.807) is 0 Å². The molecule has 4 amide bonds. The van der Waals surface area contributed by atoms with E-state index in [1.165, 1.54) is 0 Å². The highest BCUT2D eigenvalue weighted by Crippen LogP contribution is 2.35. The van der Waals surface area contributed by atoms with Crippen molar-refractivity contribution in [1.82, 2.24) is 29.8 Å². The molecular weight excluding hydrogens is 544 g/mol. The molecule has 10 heteroatoms. The number of rotatable bonds is 5. The number of carbonyl (C=O) groups is 4. The minimum absolute atomic E-state index is 0.000434. The van der Waals surface area contributed by atoms with E-state index in [4.69, 9.17) is 0 Å². The Morgan fingerprint density at radius 1 is 0.884 bits per heavy atom. The van der Waals surface area contributed by atoms with Gasteiger partial charge in [-0.15, -0.1) is 0 Å². The van der Waals surface area contributed by atoms with Crippen molar-refractivity contribution in [2.45, 2.75) is 82.1 Å². The van der Waals surface area contributed by atoms with Crippen LogP contribution in [-0.2, 0) is 25.7 Å². The molecular formula is C33H48N6O4. The van der Waals surface area contributed by atoms with E-state index in [0.29, 0.717) is 58.2 Å². The van der Waals surface area contributed by atoms with Crippen LogP contribution >= 0.6 is 0 Å². The molecule has 0 radical (unpaired) electrons. The van der Waals surface area contributed by atoms with Crippen molar-refractivity contribution >= 4 is 23.6 Å². The number of hydrogen-bond acceptors (Lipinski definition) is 6. The van der Waals surface area contributed by atoms with Crippen LogP contribution in [0, 0.1) is 11.8 Å². The maximum absolute atomic E-state index is 14.1. The normalized spacial score (nSPS) is 32.1. The molecule has 234 valence electrons. The third-order valence-corrected chi connectivity index (χ3v) is 10.8. The van der Waals surface area contributed by atoms with Gasteiger partial charge in [0, 0.05) is 64.2 Å². The lowest BCUT2D eigenvalue weighted by Crippen LogP contribution is -2.57. The average molecular weight is 593 g/mol. The molecule has 0 saturated carbocycles. The van der Waals surface area contributed by atoms with Gasteiger partial charge in [-0.05, 0) is 76.6 Å². The number of nitrogens with one attached hydrogen (secondary N) is 1. The van der Waals surface area contributed by atoms with Crippen LogP contribution in [0.15, 0.2) is 30.3 Å². The monoisotopic (exact) mass is 592 g/mol. The van der Waals surface area contributed by atoms with Gasteiger partial charge in [0.25, 0.3) is 0 Å². The van der Waals surface area contributed by atoms with E-state index < -0.39 is 6.04 Å². The first-order valence-electron chi connectivity index (χ1n) is 16.4. The molecule has 6 fully saturated rings. The molecule has 1 N–H and O–H groups in total. The number of piperidine rings is 2. The van der Waals surface area contributed by atoms with Gasteiger partial charge < -0.3 is 24.9 Å². The van der Waals surface area contributed by atoms with Crippen molar-refractivity contribution in [2.75, 3.05) is 53.4 Å². The molecule has 10 nitrogen and oxygen atoms in total. The summed E-state index contributed by atoms with van der Waals surface area (Å²) in [4.78, 5) is 65.5. The van der Waals surface area contributed by atoms with E-state index in [9.17, 15) is 19.2 Å². The van der Waals surface area contributed by atoms with Crippen molar-refractivity contribution in [3.63, 3.8) is 0 Å². The van der Waals surface area contributed by atoms with Crippen molar-refractivity contribution in [1.29, 1.82) is 0 Å². The van der Waals surface area contributed by atoms with Gasteiger partial charge in [-0.25, -0.2) is 0 Å². The molecule has 6 aliphatic heterocycles. The SMILES string of the molecule is CN(C)[C@@H]1CCN2C(=O)C[C@H]3CN(CC[C@H]3CC(=O)NCc3ccccc3)C(=O)[C@@H]3CCCN3C3CCN(CC3)C(=O)[C@H]12. The lowest BCUT2D eigenvalue weighted by atomic mass is 9.80. The zero-order valence-electron chi connectivity index (χ0n) is 25.8. The molecule has 0 aliphatic carbocycles. The maximum atomic E-state index is 14.1. The zero-order chi connectivity index (χ0) is 30.1. The Balaban J connectivity index is 1.25.